The van der Waals surface area contributed by atoms with Gasteiger partial charge >= 0.3 is 0 Å². The molecule has 1 unspecified atom stereocenters. The quantitative estimate of drug-likeness (QED) is 0.695. The molecule has 2 N–H and O–H groups in total. The predicted molar refractivity (Wildman–Crippen MR) is 59.6 cm³/mol. The fourth-order valence-electron chi connectivity index (χ4n) is 1.86. The maximum absolute atomic E-state index is 11.6. The lowest BCUT2D eigenvalue weighted by Crippen LogP contribution is -2.41. The van der Waals surface area contributed by atoms with Gasteiger partial charge in [-0.1, -0.05) is 13.3 Å². The van der Waals surface area contributed by atoms with Gasteiger partial charge in [-0.25, -0.2) is 0 Å². The van der Waals surface area contributed by atoms with Crippen molar-refractivity contribution in [2.75, 3.05) is 26.2 Å². The van der Waals surface area contributed by atoms with E-state index in [0.717, 1.165) is 32.4 Å². The number of rotatable bonds is 5. The summed E-state index contributed by atoms with van der Waals surface area (Å²) in [6.45, 7) is 4.71. The van der Waals surface area contributed by atoms with Gasteiger partial charge in [0.2, 0.25) is 5.91 Å². The second-order valence-electron chi connectivity index (χ2n) is 4.11. The maximum atomic E-state index is 11.6. The Labute approximate surface area is 91.6 Å². The molecule has 0 saturated carbocycles. The topological polar surface area (TPSA) is 52.6 Å². The van der Waals surface area contributed by atoms with Gasteiger partial charge in [0.1, 0.15) is 0 Å². The fourth-order valence-corrected chi connectivity index (χ4v) is 1.86. The largest absolute Gasteiger partial charge is 0.390 e. The van der Waals surface area contributed by atoms with Crippen LogP contribution in [-0.4, -0.2) is 48.2 Å². The molecule has 0 aliphatic carbocycles. The second-order valence-corrected chi connectivity index (χ2v) is 4.11. The molecule has 0 aromatic carbocycles. The molecule has 1 atom stereocenters. The number of β-amino-alcohol motifs (C(OH)–C–C–N with tert-alkyl or cyclic N) is 1. The first-order valence-electron chi connectivity index (χ1n) is 5.90. The minimum atomic E-state index is -0.438. The molecule has 0 aromatic rings. The highest BCUT2D eigenvalue weighted by atomic mass is 16.3. The van der Waals surface area contributed by atoms with E-state index < -0.39 is 6.10 Å². The van der Waals surface area contributed by atoms with E-state index in [1.807, 2.05) is 6.92 Å². The number of aliphatic hydroxyl groups excluding tert-OH is 1. The van der Waals surface area contributed by atoms with E-state index in [0.29, 0.717) is 19.5 Å². The lowest BCUT2D eigenvalue weighted by molar-refractivity contribution is -0.132. The summed E-state index contributed by atoms with van der Waals surface area (Å²) in [7, 11) is 0. The van der Waals surface area contributed by atoms with Gasteiger partial charge in [-0.2, -0.15) is 0 Å². The van der Waals surface area contributed by atoms with Crippen LogP contribution >= 0.6 is 0 Å². The maximum Gasteiger partial charge on any atom is 0.222 e. The molecular formula is C11H22N2O2. The molecule has 1 heterocycles. The molecule has 1 aliphatic rings. The van der Waals surface area contributed by atoms with Crippen LogP contribution in [0, 0.1) is 0 Å². The Kier molecular flexibility index (Phi) is 5.65. The average molecular weight is 214 g/mol. The molecule has 1 saturated heterocycles. The number of aliphatic hydroxyl groups is 1. The van der Waals surface area contributed by atoms with Gasteiger partial charge in [-0.15, -0.1) is 0 Å². The van der Waals surface area contributed by atoms with E-state index in [2.05, 4.69) is 5.32 Å². The molecule has 4 nitrogen and oxygen atoms in total. The lowest BCUT2D eigenvalue weighted by Gasteiger charge is -2.23. The second kappa shape index (κ2) is 6.80. The van der Waals surface area contributed by atoms with E-state index in [9.17, 15) is 9.90 Å². The number of hydrogen-bond donors (Lipinski definition) is 2. The van der Waals surface area contributed by atoms with E-state index in [4.69, 9.17) is 0 Å². The van der Waals surface area contributed by atoms with Gasteiger partial charge < -0.3 is 15.3 Å². The summed E-state index contributed by atoms with van der Waals surface area (Å²) in [6, 6.07) is 0. The summed E-state index contributed by atoms with van der Waals surface area (Å²) in [5.74, 6) is 0.197. The first-order valence-corrected chi connectivity index (χ1v) is 5.90. The molecule has 0 bridgehead atoms. The summed E-state index contributed by atoms with van der Waals surface area (Å²) in [5, 5.41) is 12.8. The van der Waals surface area contributed by atoms with E-state index in [1.165, 1.54) is 0 Å². The molecule has 1 fully saturated rings. The Bertz CT molecular complexity index is 197. The lowest BCUT2D eigenvalue weighted by atomic mass is 10.2. The van der Waals surface area contributed by atoms with Crippen LogP contribution in [0.2, 0.25) is 0 Å². The van der Waals surface area contributed by atoms with Gasteiger partial charge in [0, 0.05) is 26.1 Å². The van der Waals surface area contributed by atoms with E-state index in [1.54, 1.807) is 4.90 Å². The summed E-state index contributed by atoms with van der Waals surface area (Å²) < 4.78 is 0. The average Bonchev–Trinajstić information content (AvgIpc) is 2.42. The molecule has 1 rings (SSSR count). The summed E-state index contributed by atoms with van der Waals surface area (Å²) >= 11 is 0. The van der Waals surface area contributed by atoms with Crippen LogP contribution in [0.4, 0.5) is 0 Å². The Hall–Kier alpha value is -0.610. The van der Waals surface area contributed by atoms with Crippen LogP contribution < -0.4 is 5.32 Å². The van der Waals surface area contributed by atoms with Crippen molar-refractivity contribution in [1.82, 2.24) is 10.2 Å². The van der Waals surface area contributed by atoms with E-state index >= 15 is 0 Å². The number of carbonyl (C=O) groups excluding carboxylic acids is 1. The number of nitrogens with one attached hydrogen (secondary N) is 1. The zero-order valence-corrected chi connectivity index (χ0v) is 9.54. The Morgan fingerprint density at radius 2 is 2.27 bits per heavy atom. The van der Waals surface area contributed by atoms with Crippen molar-refractivity contribution in [3.8, 4) is 0 Å². The van der Waals surface area contributed by atoms with Crippen molar-refractivity contribution >= 4 is 5.91 Å². The third kappa shape index (κ3) is 4.62. The summed E-state index contributed by atoms with van der Waals surface area (Å²) in [5.41, 5.74) is 0. The van der Waals surface area contributed by atoms with Gasteiger partial charge in [-0.05, 0) is 19.4 Å². The van der Waals surface area contributed by atoms with Crippen molar-refractivity contribution < 1.29 is 9.90 Å². The molecule has 4 heteroatoms. The number of amides is 1. The SMILES string of the molecule is CCNCC(O)CN1CCCCCC1=O. The van der Waals surface area contributed by atoms with Crippen LogP contribution in [0.5, 0.6) is 0 Å². The molecule has 0 spiro atoms. The van der Waals surface area contributed by atoms with Crippen LogP contribution in [-0.2, 0) is 4.79 Å². The van der Waals surface area contributed by atoms with Crippen LogP contribution in [0.3, 0.4) is 0 Å². The number of hydrogen-bond acceptors (Lipinski definition) is 3. The van der Waals surface area contributed by atoms with Crippen molar-refractivity contribution in [2.24, 2.45) is 0 Å². The molecule has 1 aliphatic heterocycles. The van der Waals surface area contributed by atoms with Crippen molar-refractivity contribution in [3.63, 3.8) is 0 Å². The Morgan fingerprint density at radius 3 is 3.00 bits per heavy atom. The van der Waals surface area contributed by atoms with Gasteiger partial charge in [0.05, 0.1) is 6.10 Å². The Balaban J connectivity index is 2.30. The van der Waals surface area contributed by atoms with Gasteiger partial charge in [0.25, 0.3) is 0 Å². The van der Waals surface area contributed by atoms with Crippen molar-refractivity contribution in [3.05, 3.63) is 0 Å². The molecule has 0 aromatic heterocycles. The fraction of sp³-hybridized carbons (Fsp3) is 0.909. The van der Waals surface area contributed by atoms with Crippen LogP contribution in [0.1, 0.15) is 32.6 Å². The third-order valence-electron chi connectivity index (χ3n) is 2.73. The monoisotopic (exact) mass is 214 g/mol. The normalized spacial score (nSPS) is 20.1. The standard InChI is InChI=1S/C11H22N2O2/c1-2-12-8-10(14)9-13-7-5-3-4-6-11(13)15/h10,12,14H,2-9H2,1H3. The van der Waals surface area contributed by atoms with Gasteiger partial charge in [-0.3, -0.25) is 4.79 Å². The van der Waals surface area contributed by atoms with Crippen LogP contribution in [0.25, 0.3) is 0 Å². The number of likely N-dealkylation sites (N-methyl/N-ethyl adjacent to an activating group) is 1. The highest BCUT2D eigenvalue weighted by Crippen LogP contribution is 2.11. The number of carbonyl (C=O) groups is 1. The highest BCUT2D eigenvalue weighted by molar-refractivity contribution is 5.76. The van der Waals surface area contributed by atoms with Crippen LogP contribution in [0.15, 0.2) is 0 Å². The highest BCUT2D eigenvalue weighted by Gasteiger charge is 2.18. The molecule has 88 valence electrons. The smallest absolute Gasteiger partial charge is 0.222 e. The Morgan fingerprint density at radius 1 is 1.47 bits per heavy atom. The van der Waals surface area contributed by atoms with E-state index in [-0.39, 0.29) is 5.91 Å². The molecule has 0 radical (unpaired) electrons. The minimum Gasteiger partial charge on any atom is -0.390 e. The zero-order valence-electron chi connectivity index (χ0n) is 9.54. The van der Waals surface area contributed by atoms with Crippen molar-refractivity contribution in [1.29, 1.82) is 0 Å². The summed E-state index contributed by atoms with van der Waals surface area (Å²) in [6.07, 6.45) is 3.41. The first kappa shape index (κ1) is 12.5. The third-order valence-corrected chi connectivity index (χ3v) is 2.73. The molecule has 1 amide bonds. The van der Waals surface area contributed by atoms with Gasteiger partial charge in [0.15, 0.2) is 0 Å². The zero-order chi connectivity index (χ0) is 11.1. The predicted octanol–water partition coefficient (Wildman–Crippen LogP) is 0.359. The van der Waals surface area contributed by atoms with Crippen molar-refractivity contribution in [2.45, 2.75) is 38.7 Å². The molecule has 15 heavy (non-hydrogen) atoms. The first-order chi connectivity index (χ1) is 7.24. The minimum absolute atomic E-state index is 0.197. The molecular weight excluding hydrogens is 192 g/mol. The number of likely N-dealkylation sites (tertiary alicyclic amines) is 1. The summed E-state index contributed by atoms with van der Waals surface area (Å²) in [4.78, 5) is 13.4. The number of nitrogens with zero attached hydrogens (tertiary/aromatic N) is 1.